The van der Waals surface area contributed by atoms with Gasteiger partial charge in [-0.25, -0.2) is 9.48 Å². The van der Waals surface area contributed by atoms with E-state index in [0.29, 0.717) is 23.7 Å². The molecule has 0 saturated carbocycles. The summed E-state index contributed by atoms with van der Waals surface area (Å²) in [5.41, 5.74) is 2.12. The number of aromatic carboxylic acids is 1. The molecule has 0 spiro atoms. The molecule has 20 heavy (non-hydrogen) atoms. The van der Waals surface area contributed by atoms with E-state index in [9.17, 15) is 4.79 Å². The standard InChI is InChI=1S/C12H16ClN5O2/c1-4-5-8-11(12(19)20)14-16-18(8)6-9-10(13)7(2)15-17(9)3/h4-6H2,1-3H3,(H,19,20). The van der Waals surface area contributed by atoms with E-state index >= 15 is 0 Å². The number of aryl methyl sites for hydroxylation is 2. The van der Waals surface area contributed by atoms with Gasteiger partial charge in [0.1, 0.15) is 0 Å². The Morgan fingerprint density at radius 3 is 2.60 bits per heavy atom. The summed E-state index contributed by atoms with van der Waals surface area (Å²) in [6, 6.07) is 0. The lowest BCUT2D eigenvalue weighted by Crippen LogP contribution is -2.12. The number of rotatable bonds is 5. The summed E-state index contributed by atoms with van der Waals surface area (Å²) >= 11 is 6.20. The van der Waals surface area contributed by atoms with Gasteiger partial charge in [-0.15, -0.1) is 5.10 Å². The van der Waals surface area contributed by atoms with E-state index in [4.69, 9.17) is 16.7 Å². The Labute approximate surface area is 121 Å². The molecule has 0 radical (unpaired) electrons. The highest BCUT2D eigenvalue weighted by molar-refractivity contribution is 6.31. The Kier molecular flexibility index (Phi) is 4.08. The van der Waals surface area contributed by atoms with Crippen LogP contribution in [0.25, 0.3) is 0 Å². The Bertz CT molecular complexity index is 647. The molecular formula is C12H16ClN5O2. The first-order chi connectivity index (χ1) is 9.45. The summed E-state index contributed by atoms with van der Waals surface area (Å²) in [4.78, 5) is 11.1. The first-order valence-electron chi connectivity index (χ1n) is 6.29. The number of carboxylic acid groups (broad SMARTS) is 1. The van der Waals surface area contributed by atoms with Crippen LogP contribution in [-0.2, 0) is 20.0 Å². The average Bonchev–Trinajstić information content (AvgIpc) is 2.87. The van der Waals surface area contributed by atoms with Crippen molar-refractivity contribution in [1.82, 2.24) is 24.8 Å². The summed E-state index contributed by atoms with van der Waals surface area (Å²) < 4.78 is 3.25. The van der Waals surface area contributed by atoms with E-state index in [1.54, 1.807) is 16.4 Å². The second-order valence-electron chi connectivity index (χ2n) is 4.57. The van der Waals surface area contributed by atoms with Gasteiger partial charge in [0.15, 0.2) is 5.69 Å². The van der Waals surface area contributed by atoms with Gasteiger partial charge >= 0.3 is 5.97 Å². The molecule has 2 heterocycles. The van der Waals surface area contributed by atoms with Gasteiger partial charge in [0, 0.05) is 7.05 Å². The minimum absolute atomic E-state index is 0.00172. The molecule has 0 atom stereocenters. The topological polar surface area (TPSA) is 85.8 Å². The molecule has 0 aliphatic carbocycles. The number of carbonyl (C=O) groups is 1. The van der Waals surface area contributed by atoms with Gasteiger partial charge in [0.25, 0.3) is 0 Å². The van der Waals surface area contributed by atoms with Gasteiger partial charge < -0.3 is 5.11 Å². The van der Waals surface area contributed by atoms with Crippen molar-refractivity contribution in [2.24, 2.45) is 7.05 Å². The fraction of sp³-hybridized carbons (Fsp3) is 0.500. The summed E-state index contributed by atoms with van der Waals surface area (Å²) in [5, 5.41) is 21.6. The first-order valence-corrected chi connectivity index (χ1v) is 6.67. The quantitative estimate of drug-likeness (QED) is 0.907. The van der Waals surface area contributed by atoms with E-state index in [2.05, 4.69) is 15.4 Å². The van der Waals surface area contributed by atoms with Crippen molar-refractivity contribution in [2.45, 2.75) is 33.2 Å². The maximum Gasteiger partial charge on any atom is 0.358 e. The molecule has 0 aromatic carbocycles. The van der Waals surface area contributed by atoms with Crippen molar-refractivity contribution in [3.8, 4) is 0 Å². The fourth-order valence-electron chi connectivity index (χ4n) is 2.10. The minimum atomic E-state index is -1.06. The normalized spacial score (nSPS) is 11.0. The molecule has 0 saturated heterocycles. The van der Waals surface area contributed by atoms with Gasteiger partial charge in [-0.05, 0) is 13.3 Å². The highest BCUT2D eigenvalue weighted by atomic mass is 35.5. The molecular weight excluding hydrogens is 282 g/mol. The number of hydrogen-bond acceptors (Lipinski definition) is 4. The zero-order chi connectivity index (χ0) is 14.9. The van der Waals surface area contributed by atoms with Crippen LogP contribution in [-0.4, -0.2) is 35.9 Å². The Hall–Kier alpha value is -1.89. The van der Waals surface area contributed by atoms with Crippen molar-refractivity contribution in [2.75, 3.05) is 0 Å². The maximum absolute atomic E-state index is 11.1. The number of nitrogens with zero attached hydrogens (tertiary/aromatic N) is 5. The summed E-state index contributed by atoms with van der Waals surface area (Å²) in [6.45, 7) is 4.15. The third-order valence-electron chi connectivity index (χ3n) is 3.09. The third kappa shape index (κ3) is 2.53. The van der Waals surface area contributed by atoms with Crippen LogP contribution in [0.1, 0.15) is 40.9 Å². The largest absolute Gasteiger partial charge is 0.476 e. The molecule has 0 fully saturated rings. The van der Waals surface area contributed by atoms with E-state index in [1.807, 2.05) is 13.8 Å². The molecule has 0 amide bonds. The van der Waals surface area contributed by atoms with Crippen molar-refractivity contribution in [3.05, 3.63) is 27.8 Å². The van der Waals surface area contributed by atoms with Crippen molar-refractivity contribution in [1.29, 1.82) is 0 Å². The Balaban J connectivity index is 2.40. The number of aromatic nitrogens is 5. The van der Waals surface area contributed by atoms with Crippen LogP contribution in [0.4, 0.5) is 0 Å². The fourth-order valence-corrected chi connectivity index (χ4v) is 2.32. The summed E-state index contributed by atoms with van der Waals surface area (Å²) in [5.74, 6) is -1.06. The van der Waals surface area contributed by atoms with Gasteiger partial charge in [-0.3, -0.25) is 4.68 Å². The lowest BCUT2D eigenvalue weighted by molar-refractivity contribution is 0.0689. The zero-order valence-corrected chi connectivity index (χ0v) is 12.3. The molecule has 0 aliphatic heterocycles. The van der Waals surface area contributed by atoms with E-state index < -0.39 is 5.97 Å². The van der Waals surface area contributed by atoms with Gasteiger partial charge in [-0.2, -0.15) is 5.10 Å². The number of carboxylic acids is 1. The summed E-state index contributed by atoms with van der Waals surface area (Å²) in [6.07, 6.45) is 1.41. The molecule has 108 valence electrons. The monoisotopic (exact) mass is 297 g/mol. The Morgan fingerprint density at radius 2 is 2.10 bits per heavy atom. The Morgan fingerprint density at radius 1 is 1.40 bits per heavy atom. The first kappa shape index (κ1) is 14.5. The van der Waals surface area contributed by atoms with Crippen LogP contribution < -0.4 is 0 Å². The van der Waals surface area contributed by atoms with Gasteiger partial charge in [0.2, 0.25) is 0 Å². The number of halogens is 1. The lowest BCUT2D eigenvalue weighted by Gasteiger charge is -2.07. The summed E-state index contributed by atoms with van der Waals surface area (Å²) in [7, 11) is 1.79. The molecule has 0 bridgehead atoms. The van der Waals surface area contributed by atoms with Crippen LogP contribution in [0.5, 0.6) is 0 Å². The predicted molar refractivity (Wildman–Crippen MR) is 73.0 cm³/mol. The average molecular weight is 298 g/mol. The van der Waals surface area contributed by atoms with E-state index in [0.717, 1.165) is 17.8 Å². The van der Waals surface area contributed by atoms with E-state index in [-0.39, 0.29) is 5.69 Å². The molecule has 2 aromatic heterocycles. The third-order valence-corrected chi connectivity index (χ3v) is 3.58. The molecule has 0 aliphatic rings. The molecule has 8 heteroatoms. The smallest absolute Gasteiger partial charge is 0.358 e. The van der Waals surface area contributed by atoms with Crippen molar-refractivity contribution >= 4 is 17.6 Å². The second-order valence-corrected chi connectivity index (χ2v) is 4.95. The zero-order valence-electron chi connectivity index (χ0n) is 11.6. The lowest BCUT2D eigenvalue weighted by atomic mass is 10.2. The molecule has 7 nitrogen and oxygen atoms in total. The molecule has 2 rings (SSSR count). The highest BCUT2D eigenvalue weighted by Gasteiger charge is 2.20. The minimum Gasteiger partial charge on any atom is -0.476 e. The number of hydrogen-bond donors (Lipinski definition) is 1. The van der Waals surface area contributed by atoms with Crippen molar-refractivity contribution in [3.63, 3.8) is 0 Å². The van der Waals surface area contributed by atoms with Crippen LogP contribution in [0, 0.1) is 6.92 Å². The molecule has 1 N–H and O–H groups in total. The molecule has 2 aromatic rings. The molecule has 0 unspecified atom stereocenters. The maximum atomic E-state index is 11.1. The second kappa shape index (κ2) is 5.62. The van der Waals surface area contributed by atoms with Crippen LogP contribution in [0.15, 0.2) is 0 Å². The van der Waals surface area contributed by atoms with Crippen LogP contribution in [0.2, 0.25) is 5.02 Å². The highest BCUT2D eigenvalue weighted by Crippen LogP contribution is 2.21. The predicted octanol–water partition coefficient (Wildman–Crippen LogP) is 1.67. The van der Waals surface area contributed by atoms with Crippen molar-refractivity contribution < 1.29 is 9.90 Å². The van der Waals surface area contributed by atoms with Gasteiger partial charge in [0.05, 0.1) is 28.6 Å². The van der Waals surface area contributed by atoms with Crippen LogP contribution in [0.3, 0.4) is 0 Å². The van der Waals surface area contributed by atoms with Gasteiger partial charge in [-0.1, -0.05) is 30.2 Å². The SMILES string of the molecule is CCCc1c(C(=O)O)nnn1Cc1c(Cl)c(C)nn1C. The van der Waals surface area contributed by atoms with Crippen LogP contribution >= 0.6 is 11.6 Å². The van der Waals surface area contributed by atoms with E-state index in [1.165, 1.54) is 0 Å².